The molecular formula is C23H16N2O5. The smallest absolute Gasteiger partial charge is 0.363 e. The van der Waals surface area contributed by atoms with Crippen LogP contribution in [-0.4, -0.2) is 16.8 Å². The highest BCUT2D eigenvalue weighted by atomic mass is 16.6. The maximum atomic E-state index is 12.1. The number of benzene rings is 3. The number of nitro benzene ring substituents is 1. The third-order valence-corrected chi connectivity index (χ3v) is 4.36. The third kappa shape index (κ3) is 4.41. The summed E-state index contributed by atoms with van der Waals surface area (Å²) >= 11 is 0. The van der Waals surface area contributed by atoms with Gasteiger partial charge in [0.25, 0.3) is 5.69 Å². The predicted octanol–water partition coefficient (Wildman–Crippen LogP) is 4.52. The minimum atomic E-state index is -0.610. The number of esters is 1. The molecule has 0 atom stereocenters. The van der Waals surface area contributed by atoms with Crippen LogP contribution in [0.25, 0.3) is 6.08 Å². The van der Waals surface area contributed by atoms with Gasteiger partial charge in [-0.05, 0) is 35.4 Å². The van der Waals surface area contributed by atoms with Crippen molar-refractivity contribution in [3.05, 3.63) is 111 Å². The van der Waals surface area contributed by atoms with Crippen LogP contribution in [0.3, 0.4) is 0 Å². The van der Waals surface area contributed by atoms with Crippen molar-refractivity contribution in [2.75, 3.05) is 0 Å². The molecule has 0 N–H and O–H groups in total. The number of cyclic esters (lactones) is 1. The van der Waals surface area contributed by atoms with E-state index in [2.05, 4.69) is 4.99 Å². The van der Waals surface area contributed by atoms with Crippen molar-refractivity contribution in [1.29, 1.82) is 0 Å². The van der Waals surface area contributed by atoms with E-state index >= 15 is 0 Å². The highest BCUT2D eigenvalue weighted by Crippen LogP contribution is 2.22. The maximum absolute atomic E-state index is 12.1. The van der Waals surface area contributed by atoms with Gasteiger partial charge < -0.3 is 9.47 Å². The van der Waals surface area contributed by atoms with E-state index < -0.39 is 10.9 Å². The van der Waals surface area contributed by atoms with Crippen LogP contribution in [0.15, 0.2) is 89.6 Å². The number of aliphatic imine (C=N–C) groups is 1. The van der Waals surface area contributed by atoms with Crippen LogP contribution in [0.1, 0.15) is 16.7 Å². The van der Waals surface area contributed by atoms with Crippen molar-refractivity contribution in [2.24, 2.45) is 4.99 Å². The largest absolute Gasteiger partial charge is 0.489 e. The molecule has 0 bridgehead atoms. The minimum absolute atomic E-state index is 0.0396. The Morgan fingerprint density at radius 3 is 2.50 bits per heavy atom. The number of nitrogens with zero attached hydrogens (tertiary/aromatic N) is 2. The molecule has 0 radical (unpaired) electrons. The van der Waals surface area contributed by atoms with E-state index in [0.29, 0.717) is 17.9 Å². The summed E-state index contributed by atoms with van der Waals surface area (Å²) < 4.78 is 10.9. The van der Waals surface area contributed by atoms with Crippen LogP contribution in [0.4, 0.5) is 5.69 Å². The number of hydrogen-bond acceptors (Lipinski definition) is 6. The zero-order valence-corrected chi connectivity index (χ0v) is 15.7. The first-order valence-electron chi connectivity index (χ1n) is 9.13. The average Bonchev–Trinajstić information content (AvgIpc) is 3.14. The molecule has 0 aromatic heterocycles. The average molecular weight is 400 g/mol. The summed E-state index contributed by atoms with van der Waals surface area (Å²) in [6.45, 7) is 0.463. The van der Waals surface area contributed by atoms with E-state index in [9.17, 15) is 14.9 Å². The molecule has 3 aromatic carbocycles. The second-order valence-electron chi connectivity index (χ2n) is 6.49. The maximum Gasteiger partial charge on any atom is 0.363 e. The highest BCUT2D eigenvalue weighted by molar-refractivity contribution is 6.13. The van der Waals surface area contributed by atoms with Crippen molar-refractivity contribution in [3.8, 4) is 5.75 Å². The van der Waals surface area contributed by atoms with Crippen LogP contribution < -0.4 is 4.74 Å². The Bertz CT molecular complexity index is 1150. The van der Waals surface area contributed by atoms with Crippen LogP contribution in [0.2, 0.25) is 0 Å². The van der Waals surface area contributed by atoms with Gasteiger partial charge in [-0.15, -0.1) is 0 Å². The van der Waals surface area contributed by atoms with Crippen molar-refractivity contribution < 1.29 is 19.2 Å². The Labute approximate surface area is 172 Å². The van der Waals surface area contributed by atoms with Gasteiger partial charge in [0.05, 0.1) is 4.92 Å². The van der Waals surface area contributed by atoms with Crippen molar-refractivity contribution >= 4 is 23.6 Å². The number of non-ortho nitro benzene ring substituents is 1. The van der Waals surface area contributed by atoms with Crippen LogP contribution in [0, 0.1) is 10.1 Å². The van der Waals surface area contributed by atoms with E-state index in [-0.39, 0.29) is 17.3 Å². The van der Waals surface area contributed by atoms with E-state index in [0.717, 1.165) is 11.1 Å². The van der Waals surface area contributed by atoms with Gasteiger partial charge in [-0.3, -0.25) is 10.1 Å². The molecule has 0 saturated heterocycles. The van der Waals surface area contributed by atoms with Gasteiger partial charge in [-0.1, -0.05) is 48.5 Å². The van der Waals surface area contributed by atoms with E-state index in [1.165, 1.54) is 18.2 Å². The van der Waals surface area contributed by atoms with Crippen molar-refractivity contribution in [2.45, 2.75) is 6.61 Å². The Morgan fingerprint density at radius 2 is 1.77 bits per heavy atom. The Kier molecular flexibility index (Phi) is 5.34. The van der Waals surface area contributed by atoms with Gasteiger partial charge in [-0.25, -0.2) is 9.79 Å². The first-order valence-corrected chi connectivity index (χ1v) is 9.13. The summed E-state index contributed by atoms with van der Waals surface area (Å²) in [5.74, 6) is 0.134. The number of nitro groups is 1. The Morgan fingerprint density at radius 1 is 1.00 bits per heavy atom. The predicted molar refractivity (Wildman–Crippen MR) is 111 cm³/mol. The fourth-order valence-corrected chi connectivity index (χ4v) is 2.84. The topological polar surface area (TPSA) is 91.0 Å². The summed E-state index contributed by atoms with van der Waals surface area (Å²) in [5, 5.41) is 10.9. The van der Waals surface area contributed by atoms with Gasteiger partial charge in [0.15, 0.2) is 5.70 Å². The molecule has 0 fully saturated rings. The molecular weight excluding hydrogens is 384 g/mol. The van der Waals surface area contributed by atoms with Gasteiger partial charge in [0.1, 0.15) is 12.4 Å². The van der Waals surface area contributed by atoms with Gasteiger partial charge in [0.2, 0.25) is 5.90 Å². The summed E-state index contributed by atoms with van der Waals surface area (Å²) in [6.07, 6.45) is 1.59. The lowest BCUT2D eigenvalue weighted by Crippen LogP contribution is -2.05. The summed E-state index contributed by atoms with van der Waals surface area (Å²) in [7, 11) is 0. The number of hydrogen-bond donors (Lipinski definition) is 0. The monoisotopic (exact) mass is 400 g/mol. The lowest BCUT2D eigenvalue weighted by Gasteiger charge is -2.06. The van der Waals surface area contributed by atoms with Crippen molar-refractivity contribution in [1.82, 2.24) is 0 Å². The van der Waals surface area contributed by atoms with Crippen LogP contribution >= 0.6 is 0 Å². The molecule has 1 aliphatic heterocycles. The van der Waals surface area contributed by atoms with Gasteiger partial charge >= 0.3 is 5.97 Å². The van der Waals surface area contributed by atoms with Gasteiger partial charge in [-0.2, -0.15) is 0 Å². The first kappa shape index (κ1) is 19.1. The lowest BCUT2D eigenvalue weighted by molar-refractivity contribution is -0.384. The summed E-state index contributed by atoms with van der Waals surface area (Å²) in [6, 6.07) is 22.8. The third-order valence-electron chi connectivity index (χ3n) is 4.36. The molecule has 148 valence electrons. The van der Waals surface area contributed by atoms with Crippen LogP contribution in [0.5, 0.6) is 5.75 Å². The molecule has 0 aliphatic carbocycles. The molecule has 0 saturated carbocycles. The van der Waals surface area contributed by atoms with Crippen molar-refractivity contribution in [3.63, 3.8) is 0 Å². The molecule has 0 spiro atoms. The summed E-state index contributed by atoms with van der Waals surface area (Å²) in [5.41, 5.74) is 2.20. The zero-order valence-electron chi connectivity index (χ0n) is 15.7. The fraction of sp³-hybridized carbons (Fsp3) is 0.0435. The molecule has 30 heavy (non-hydrogen) atoms. The quantitative estimate of drug-likeness (QED) is 0.263. The standard InChI is InChI=1S/C23H16N2O5/c26-23-21(24-22(30-23)18-7-4-8-19(14-18)25(27)28)13-16-9-11-20(12-10-16)29-15-17-5-2-1-3-6-17/h1-14H,15H2. The molecule has 1 aliphatic rings. The second-order valence-corrected chi connectivity index (χ2v) is 6.49. The summed E-state index contributed by atoms with van der Waals surface area (Å²) in [4.78, 5) is 26.7. The number of ether oxygens (including phenoxy) is 2. The molecule has 1 heterocycles. The molecule has 3 aromatic rings. The van der Waals surface area contributed by atoms with Gasteiger partial charge in [0, 0.05) is 17.7 Å². The molecule has 4 rings (SSSR count). The lowest BCUT2D eigenvalue weighted by atomic mass is 10.2. The molecule has 0 amide bonds. The number of carbonyl (C=O) groups excluding carboxylic acids is 1. The van der Waals surface area contributed by atoms with E-state index in [1.54, 1.807) is 24.3 Å². The van der Waals surface area contributed by atoms with E-state index in [4.69, 9.17) is 9.47 Å². The molecule has 7 nitrogen and oxygen atoms in total. The van der Waals surface area contributed by atoms with Crippen LogP contribution in [-0.2, 0) is 16.1 Å². The fourth-order valence-electron chi connectivity index (χ4n) is 2.84. The number of rotatable bonds is 6. The zero-order chi connectivity index (χ0) is 20.9. The molecule has 7 heteroatoms. The normalized spacial score (nSPS) is 14.3. The minimum Gasteiger partial charge on any atom is -0.489 e. The Hall–Kier alpha value is -4.26. The number of carbonyl (C=O) groups is 1. The SMILES string of the molecule is O=C1OC(c2cccc([N+](=O)[O-])c2)=NC1=Cc1ccc(OCc2ccccc2)cc1. The Balaban J connectivity index is 1.48. The first-order chi connectivity index (χ1) is 14.6. The highest BCUT2D eigenvalue weighted by Gasteiger charge is 2.25. The molecule has 0 unspecified atom stereocenters. The second kappa shape index (κ2) is 8.40. The van der Waals surface area contributed by atoms with E-state index in [1.807, 2.05) is 42.5 Å².